The summed E-state index contributed by atoms with van der Waals surface area (Å²) >= 11 is 0. The van der Waals surface area contributed by atoms with E-state index in [-0.39, 0.29) is 24.0 Å². The first kappa shape index (κ1) is 26.2. The average Bonchev–Trinajstić information content (AvgIpc) is 2.70. The fourth-order valence-electron chi connectivity index (χ4n) is 3.06. The van der Waals surface area contributed by atoms with Crippen molar-refractivity contribution < 1.29 is 33.6 Å². The fourth-order valence-corrected chi connectivity index (χ4v) is 3.44. The second-order valence-corrected chi connectivity index (χ2v) is 10.0. The monoisotopic (exact) mass is 479 g/mol. The molecule has 4 N–H and O–H groups in total. The molecule has 0 aliphatic heterocycles. The Morgan fingerprint density at radius 2 is 1.76 bits per heavy atom. The van der Waals surface area contributed by atoms with Crippen molar-refractivity contribution in [2.75, 3.05) is 17.6 Å². The molecule has 0 bridgehead atoms. The second kappa shape index (κ2) is 10.7. The molecule has 0 aliphatic carbocycles. The van der Waals surface area contributed by atoms with E-state index in [1.165, 1.54) is 25.3 Å². The number of carbonyl (C=O) groups is 1. The minimum atomic E-state index is -3.63. The topological polar surface area (TPSA) is 161 Å². The molecule has 11 heteroatoms. The minimum absolute atomic E-state index is 0.0288. The quantitative estimate of drug-likeness (QED) is 0.399. The second-order valence-electron chi connectivity index (χ2n) is 8.02. The van der Waals surface area contributed by atoms with Crippen LogP contribution in [0.1, 0.15) is 43.9 Å². The molecule has 0 radical (unpaired) electrons. The maximum atomic E-state index is 12.1. The van der Waals surface area contributed by atoms with Crippen LogP contribution in [0.15, 0.2) is 30.3 Å². The highest BCUT2D eigenvalue weighted by Gasteiger charge is 2.22. The molecule has 180 valence electrons. The van der Waals surface area contributed by atoms with Gasteiger partial charge in [0.15, 0.2) is 0 Å². The average molecular weight is 480 g/mol. The molecule has 0 fully saturated rings. The smallest absolute Gasteiger partial charge is 0.305 e. The molecule has 0 spiro atoms. The number of phenols is 1. The Balaban J connectivity index is 2.61. The van der Waals surface area contributed by atoms with Crippen LogP contribution in [0.3, 0.4) is 0 Å². The number of hydrogen-bond donors (Lipinski definition) is 4. The summed E-state index contributed by atoms with van der Waals surface area (Å²) in [7, 11) is -2.29. The van der Waals surface area contributed by atoms with E-state index < -0.39 is 34.6 Å². The van der Waals surface area contributed by atoms with E-state index in [0.717, 1.165) is 10.6 Å². The first-order valence-electron chi connectivity index (χ1n) is 10.2. The molecule has 0 aliphatic rings. The maximum absolute atomic E-state index is 12.1. The summed E-state index contributed by atoms with van der Waals surface area (Å²) < 4.78 is 25.1. The van der Waals surface area contributed by atoms with Crippen molar-refractivity contribution in [3.05, 3.63) is 41.6 Å². The molecule has 0 saturated heterocycles. The number of nitrogens with zero attached hydrogens (tertiary/aromatic N) is 3. The van der Waals surface area contributed by atoms with Crippen molar-refractivity contribution in [2.24, 2.45) is 0 Å². The van der Waals surface area contributed by atoms with Crippen LogP contribution in [-0.2, 0) is 14.8 Å². The van der Waals surface area contributed by atoms with Crippen LogP contribution in [0.25, 0.3) is 17.3 Å². The van der Waals surface area contributed by atoms with E-state index in [9.17, 15) is 28.5 Å². The number of sulfonamides is 1. The van der Waals surface area contributed by atoms with Crippen molar-refractivity contribution in [3.63, 3.8) is 0 Å². The number of aromatic nitrogens is 2. The van der Waals surface area contributed by atoms with Crippen LogP contribution >= 0.6 is 0 Å². The number of aliphatic hydroxyl groups excluding tert-OH is 2. The summed E-state index contributed by atoms with van der Waals surface area (Å²) in [5.41, 5.74) is 2.01. The van der Waals surface area contributed by atoms with E-state index in [1.54, 1.807) is 18.2 Å². The van der Waals surface area contributed by atoms with Gasteiger partial charge in [0, 0.05) is 24.6 Å². The summed E-state index contributed by atoms with van der Waals surface area (Å²) in [6.45, 7) is 3.75. The zero-order valence-electron chi connectivity index (χ0n) is 18.9. The summed E-state index contributed by atoms with van der Waals surface area (Å²) in [5.74, 6) is -1.30. The highest BCUT2D eigenvalue weighted by Crippen LogP contribution is 2.32. The standard InChI is InChI=1S/C22H29N3O7S/c1-13(2)20-18(10-9-16(27)11-17(28)12-19(29)30)21(14-5-7-15(26)8-6-14)24-22(23-20)25(3)33(4,31)32/h5-10,13,16-17,26-28H,11-12H2,1-4H3,(H,29,30)/t16-,17-/m1/s1. The summed E-state index contributed by atoms with van der Waals surface area (Å²) in [6, 6.07) is 6.18. The number of benzene rings is 1. The molecule has 0 saturated carbocycles. The van der Waals surface area contributed by atoms with Gasteiger partial charge in [0.05, 0.1) is 36.3 Å². The van der Waals surface area contributed by atoms with Crippen molar-refractivity contribution >= 4 is 28.0 Å². The third-order valence-corrected chi connectivity index (χ3v) is 6.00. The number of rotatable bonds is 10. The Kier molecular flexibility index (Phi) is 8.53. The Morgan fingerprint density at radius 1 is 1.15 bits per heavy atom. The lowest BCUT2D eigenvalue weighted by atomic mass is 9.97. The number of aromatic hydroxyl groups is 1. The van der Waals surface area contributed by atoms with Crippen LogP contribution in [0.2, 0.25) is 0 Å². The van der Waals surface area contributed by atoms with Gasteiger partial charge in [0.1, 0.15) is 5.75 Å². The molecule has 2 aromatic rings. The van der Waals surface area contributed by atoms with E-state index in [0.29, 0.717) is 22.5 Å². The Hall–Kier alpha value is -3.02. The molecule has 1 aromatic carbocycles. The van der Waals surface area contributed by atoms with E-state index >= 15 is 0 Å². The Bertz CT molecular complexity index is 1120. The third-order valence-electron chi connectivity index (χ3n) is 4.84. The van der Waals surface area contributed by atoms with Crippen molar-refractivity contribution in [2.45, 2.75) is 44.8 Å². The van der Waals surface area contributed by atoms with Crippen molar-refractivity contribution in [1.29, 1.82) is 0 Å². The Labute approximate surface area is 192 Å². The molecular formula is C22H29N3O7S. The van der Waals surface area contributed by atoms with Gasteiger partial charge in [-0.05, 0) is 30.2 Å². The zero-order chi connectivity index (χ0) is 24.9. The highest BCUT2D eigenvalue weighted by atomic mass is 32.2. The molecule has 2 atom stereocenters. The summed E-state index contributed by atoms with van der Waals surface area (Å²) in [6.07, 6.45) is 0.994. The highest BCUT2D eigenvalue weighted by molar-refractivity contribution is 7.92. The fraction of sp³-hybridized carbons (Fsp3) is 0.409. The van der Waals surface area contributed by atoms with Gasteiger partial charge < -0.3 is 20.4 Å². The first-order valence-corrected chi connectivity index (χ1v) is 12.1. The van der Waals surface area contributed by atoms with E-state index in [1.807, 2.05) is 13.8 Å². The van der Waals surface area contributed by atoms with Crippen LogP contribution in [-0.4, -0.2) is 70.3 Å². The van der Waals surface area contributed by atoms with Gasteiger partial charge in [-0.2, -0.15) is 0 Å². The molecule has 10 nitrogen and oxygen atoms in total. The predicted octanol–water partition coefficient (Wildman–Crippen LogP) is 1.97. The normalized spacial score (nSPS) is 13.9. The summed E-state index contributed by atoms with van der Waals surface area (Å²) in [5, 5.41) is 38.5. The molecule has 0 unspecified atom stereocenters. The van der Waals surface area contributed by atoms with Gasteiger partial charge in [-0.3, -0.25) is 4.79 Å². The molecule has 2 rings (SSSR count). The van der Waals surface area contributed by atoms with E-state index in [2.05, 4.69) is 9.97 Å². The van der Waals surface area contributed by atoms with Crippen molar-refractivity contribution in [3.8, 4) is 17.0 Å². The number of phenolic OH excluding ortho intramolecular Hbond substituents is 1. The van der Waals surface area contributed by atoms with Gasteiger partial charge in [-0.1, -0.05) is 26.0 Å². The number of aliphatic carboxylic acids is 1. The number of carboxylic acid groups (broad SMARTS) is 1. The molecular weight excluding hydrogens is 450 g/mol. The van der Waals surface area contributed by atoms with Gasteiger partial charge in [-0.15, -0.1) is 0 Å². The van der Waals surface area contributed by atoms with Gasteiger partial charge in [0.2, 0.25) is 16.0 Å². The number of carboxylic acids is 1. The largest absolute Gasteiger partial charge is 0.508 e. The van der Waals surface area contributed by atoms with Crippen LogP contribution in [0, 0.1) is 0 Å². The van der Waals surface area contributed by atoms with Gasteiger partial charge >= 0.3 is 5.97 Å². The molecule has 1 heterocycles. The lowest BCUT2D eigenvalue weighted by molar-refractivity contribution is -0.139. The lowest BCUT2D eigenvalue weighted by Gasteiger charge is -2.20. The summed E-state index contributed by atoms with van der Waals surface area (Å²) in [4.78, 5) is 19.6. The Morgan fingerprint density at radius 3 is 2.27 bits per heavy atom. The van der Waals surface area contributed by atoms with Crippen LogP contribution in [0.5, 0.6) is 5.75 Å². The molecule has 0 amide bonds. The van der Waals surface area contributed by atoms with Crippen LogP contribution < -0.4 is 4.31 Å². The van der Waals surface area contributed by atoms with Crippen LogP contribution in [0.4, 0.5) is 5.95 Å². The lowest BCUT2D eigenvalue weighted by Crippen LogP contribution is -2.27. The minimum Gasteiger partial charge on any atom is -0.508 e. The molecule has 1 aromatic heterocycles. The number of aliphatic hydroxyl groups is 2. The predicted molar refractivity (Wildman–Crippen MR) is 124 cm³/mol. The van der Waals surface area contributed by atoms with Crippen molar-refractivity contribution in [1.82, 2.24) is 9.97 Å². The van der Waals surface area contributed by atoms with Gasteiger partial charge in [0.25, 0.3) is 0 Å². The first-order chi connectivity index (χ1) is 15.3. The van der Waals surface area contributed by atoms with E-state index in [4.69, 9.17) is 5.11 Å². The van der Waals surface area contributed by atoms with Gasteiger partial charge in [-0.25, -0.2) is 22.7 Å². The number of anilines is 1. The third kappa shape index (κ3) is 7.24. The number of hydrogen-bond acceptors (Lipinski definition) is 8. The zero-order valence-corrected chi connectivity index (χ0v) is 19.7. The SMILES string of the molecule is CC(C)c1nc(N(C)S(C)(=O)=O)nc(-c2ccc(O)cc2)c1C=C[C@@H](O)C[C@@H](O)CC(=O)O. The molecule has 33 heavy (non-hydrogen) atoms. The maximum Gasteiger partial charge on any atom is 0.305 e.